The molecular weight excluding hydrogens is 542 g/mol. The van der Waals surface area contributed by atoms with Gasteiger partial charge in [-0.05, 0) is 59.1 Å². The highest BCUT2D eigenvalue weighted by Gasteiger charge is 2.33. The van der Waals surface area contributed by atoms with E-state index in [4.69, 9.17) is 9.47 Å². The number of H-pyrrole nitrogens is 1. The van der Waals surface area contributed by atoms with Gasteiger partial charge in [-0.1, -0.05) is 23.4 Å². The Bertz CT molecular complexity index is 1360. The molecule has 1 aliphatic heterocycles. The van der Waals surface area contributed by atoms with Gasteiger partial charge < -0.3 is 34.7 Å². The molecule has 42 heavy (non-hydrogen) atoms. The molecule has 13 nitrogen and oxygen atoms in total. The number of para-hydroxylation sites is 1. The van der Waals surface area contributed by atoms with Crippen molar-refractivity contribution in [2.24, 2.45) is 0 Å². The lowest BCUT2D eigenvalue weighted by molar-refractivity contribution is -0.137. The minimum absolute atomic E-state index is 0.186. The molecule has 0 bridgehead atoms. The van der Waals surface area contributed by atoms with E-state index in [1.807, 2.05) is 51.1 Å². The standard InChI is InChI=1S/C29H41N7O6/c1-28(2,3)41-26(39)31-23(18-37)22-17-36(33-32-22)24(16-20-15-19-9-7-8-10-21(19)30-20)25(38)34-11-13-35(14-12-34)27(40)42-29(4,5)6/h7-10,15,17,23-24,30,37H,11-14,16,18H2,1-6H3,(H,31,39)/t23?,24-/m0/s1. The number of aromatic amines is 1. The Kier molecular flexibility index (Phi) is 9.09. The van der Waals surface area contributed by atoms with Crippen molar-refractivity contribution in [1.29, 1.82) is 0 Å². The Balaban J connectivity index is 1.54. The maximum absolute atomic E-state index is 14.0. The summed E-state index contributed by atoms with van der Waals surface area (Å²) in [6.45, 7) is 11.6. The number of piperazine rings is 1. The van der Waals surface area contributed by atoms with E-state index in [9.17, 15) is 19.5 Å². The first-order valence-corrected chi connectivity index (χ1v) is 14.1. The van der Waals surface area contributed by atoms with Crippen molar-refractivity contribution in [3.63, 3.8) is 0 Å². The Morgan fingerprint density at radius 1 is 1.00 bits per heavy atom. The van der Waals surface area contributed by atoms with Crippen molar-refractivity contribution < 1.29 is 29.0 Å². The highest BCUT2D eigenvalue weighted by Crippen LogP contribution is 2.23. The minimum Gasteiger partial charge on any atom is -0.444 e. The first-order valence-electron chi connectivity index (χ1n) is 14.1. The largest absolute Gasteiger partial charge is 0.444 e. The van der Waals surface area contributed by atoms with Crippen LogP contribution in [0.25, 0.3) is 10.9 Å². The number of amides is 3. The van der Waals surface area contributed by atoms with Crippen LogP contribution in [-0.4, -0.2) is 97.0 Å². The lowest BCUT2D eigenvalue weighted by Crippen LogP contribution is -2.53. The van der Waals surface area contributed by atoms with Gasteiger partial charge in [0.2, 0.25) is 5.91 Å². The maximum Gasteiger partial charge on any atom is 0.410 e. The summed E-state index contributed by atoms with van der Waals surface area (Å²) in [6, 6.07) is 8.18. The molecule has 3 amide bonds. The summed E-state index contributed by atoms with van der Waals surface area (Å²) in [5.74, 6) is -0.186. The SMILES string of the molecule is CC(C)(C)OC(=O)NC(CO)c1cn([C@@H](Cc2cc3ccccc3[nH]2)C(=O)N2CCN(C(=O)OC(C)(C)C)CC2)nn1. The Hall–Kier alpha value is -4.13. The first kappa shape index (κ1) is 30.8. The summed E-state index contributed by atoms with van der Waals surface area (Å²) in [7, 11) is 0. The van der Waals surface area contributed by atoms with Gasteiger partial charge in [0.25, 0.3) is 0 Å². The second-order valence-electron chi connectivity index (χ2n) is 12.4. The van der Waals surface area contributed by atoms with E-state index >= 15 is 0 Å². The van der Waals surface area contributed by atoms with Crippen LogP contribution < -0.4 is 5.32 Å². The summed E-state index contributed by atoms with van der Waals surface area (Å²) < 4.78 is 12.3. The molecule has 3 N–H and O–H groups in total. The fourth-order valence-corrected chi connectivity index (χ4v) is 4.66. The molecule has 4 rings (SSSR count). The zero-order valence-corrected chi connectivity index (χ0v) is 25.1. The fourth-order valence-electron chi connectivity index (χ4n) is 4.66. The van der Waals surface area contributed by atoms with Crippen LogP contribution in [0.5, 0.6) is 0 Å². The van der Waals surface area contributed by atoms with E-state index in [0.717, 1.165) is 16.6 Å². The number of fused-ring (bicyclic) bond motifs is 1. The summed E-state index contributed by atoms with van der Waals surface area (Å²) in [6.07, 6.45) is 0.745. The number of benzene rings is 1. The van der Waals surface area contributed by atoms with Gasteiger partial charge in [0, 0.05) is 43.8 Å². The monoisotopic (exact) mass is 583 g/mol. The molecular formula is C29H41N7O6. The van der Waals surface area contributed by atoms with E-state index in [1.165, 1.54) is 4.68 Å². The molecule has 1 aliphatic rings. The molecule has 13 heteroatoms. The third kappa shape index (κ3) is 7.99. The number of alkyl carbamates (subject to hydrolysis) is 1. The molecule has 0 radical (unpaired) electrons. The molecule has 0 aliphatic carbocycles. The van der Waals surface area contributed by atoms with Crippen molar-refractivity contribution in [3.8, 4) is 0 Å². The number of nitrogens with zero attached hydrogens (tertiary/aromatic N) is 5. The van der Waals surface area contributed by atoms with Crippen LogP contribution in [-0.2, 0) is 20.7 Å². The minimum atomic E-state index is -0.880. The van der Waals surface area contributed by atoms with Gasteiger partial charge in [-0.25, -0.2) is 14.3 Å². The van der Waals surface area contributed by atoms with E-state index in [0.29, 0.717) is 32.6 Å². The van der Waals surface area contributed by atoms with Gasteiger partial charge >= 0.3 is 12.2 Å². The number of hydrogen-bond acceptors (Lipinski definition) is 8. The van der Waals surface area contributed by atoms with E-state index in [-0.39, 0.29) is 11.6 Å². The summed E-state index contributed by atoms with van der Waals surface area (Å²) >= 11 is 0. The summed E-state index contributed by atoms with van der Waals surface area (Å²) in [4.78, 5) is 45.5. The zero-order chi connectivity index (χ0) is 30.7. The molecule has 1 unspecified atom stereocenters. The number of ether oxygens (including phenoxy) is 2. The van der Waals surface area contributed by atoms with Crippen LogP contribution >= 0.6 is 0 Å². The molecule has 2 aromatic heterocycles. The van der Waals surface area contributed by atoms with E-state index in [1.54, 1.807) is 36.8 Å². The topological polar surface area (TPSA) is 155 Å². The Morgan fingerprint density at radius 3 is 2.26 bits per heavy atom. The number of aliphatic hydroxyl groups excluding tert-OH is 1. The number of carbonyl (C=O) groups is 3. The van der Waals surface area contributed by atoms with Gasteiger partial charge in [0.15, 0.2) is 0 Å². The number of nitrogens with one attached hydrogen (secondary N) is 2. The van der Waals surface area contributed by atoms with Crippen LogP contribution in [0, 0.1) is 0 Å². The normalized spacial score (nSPS) is 15.8. The molecule has 228 valence electrons. The number of carbonyl (C=O) groups excluding carboxylic acids is 3. The van der Waals surface area contributed by atoms with Crippen LogP contribution in [0.1, 0.15) is 65.0 Å². The Morgan fingerprint density at radius 2 is 1.64 bits per heavy atom. The van der Waals surface area contributed by atoms with Crippen molar-refractivity contribution >= 4 is 29.0 Å². The molecule has 3 heterocycles. The number of hydrogen-bond donors (Lipinski definition) is 3. The van der Waals surface area contributed by atoms with Crippen molar-refractivity contribution in [3.05, 3.63) is 47.9 Å². The predicted octanol–water partition coefficient (Wildman–Crippen LogP) is 3.18. The molecule has 0 saturated carbocycles. The predicted molar refractivity (Wildman–Crippen MR) is 155 cm³/mol. The average molecular weight is 584 g/mol. The third-order valence-corrected chi connectivity index (χ3v) is 6.61. The highest BCUT2D eigenvalue weighted by molar-refractivity contribution is 5.83. The summed E-state index contributed by atoms with van der Waals surface area (Å²) in [5, 5.41) is 22.0. The maximum atomic E-state index is 14.0. The van der Waals surface area contributed by atoms with Gasteiger partial charge in [-0.2, -0.15) is 0 Å². The second kappa shape index (κ2) is 12.4. The van der Waals surface area contributed by atoms with Crippen molar-refractivity contribution in [1.82, 2.24) is 35.1 Å². The molecule has 0 spiro atoms. The smallest absolute Gasteiger partial charge is 0.410 e. The van der Waals surface area contributed by atoms with Gasteiger partial charge in [-0.3, -0.25) is 4.79 Å². The van der Waals surface area contributed by atoms with Gasteiger partial charge in [0.1, 0.15) is 29.0 Å². The Labute approximate surface area is 245 Å². The van der Waals surface area contributed by atoms with Crippen molar-refractivity contribution in [2.75, 3.05) is 32.8 Å². The molecule has 2 atom stereocenters. The van der Waals surface area contributed by atoms with E-state index < -0.39 is 42.1 Å². The second-order valence-corrected chi connectivity index (χ2v) is 12.4. The molecule has 1 aromatic carbocycles. The first-order chi connectivity index (χ1) is 19.7. The van der Waals surface area contributed by atoms with Crippen molar-refractivity contribution in [2.45, 2.75) is 71.2 Å². The third-order valence-electron chi connectivity index (χ3n) is 6.61. The number of aliphatic hydroxyl groups is 1. The number of aromatic nitrogens is 4. The van der Waals surface area contributed by atoms with Crippen LogP contribution in [0.2, 0.25) is 0 Å². The zero-order valence-electron chi connectivity index (χ0n) is 25.1. The lowest BCUT2D eigenvalue weighted by atomic mass is 10.1. The highest BCUT2D eigenvalue weighted by atomic mass is 16.6. The number of rotatable bonds is 7. The van der Waals surface area contributed by atoms with Gasteiger partial charge in [-0.15, -0.1) is 5.10 Å². The molecule has 1 fully saturated rings. The van der Waals surface area contributed by atoms with Crippen LogP contribution in [0.4, 0.5) is 9.59 Å². The van der Waals surface area contributed by atoms with Crippen LogP contribution in [0.3, 0.4) is 0 Å². The molecule has 1 saturated heterocycles. The van der Waals surface area contributed by atoms with Crippen LogP contribution in [0.15, 0.2) is 36.5 Å². The molecule has 3 aromatic rings. The van der Waals surface area contributed by atoms with Gasteiger partial charge in [0.05, 0.1) is 12.8 Å². The quantitative estimate of drug-likeness (QED) is 0.383. The fraction of sp³-hybridized carbons (Fsp3) is 0.552. The average Bonchev–Trinajstić information content (AvgIpc) is 3.55. The lowest BCUT2D eigenvalue weighted by Gasteiger charge is -2.36. The van der Waals surface area contributed by atoms with E-state index in [2.05, 4.69) is 20.6 Å². The summed E-state index contributed by atoms with van der Waals surface area (Å²) in [5.41, 5.74) is 0.749.